The molecule has 3 aromatic rings. The van der Waals surface area contributed by atoms with Crippen LogP contribution in [0.3, 0.4) is 0 Å². The van der Waals surface area contributed by atoms with E-state index in [-0.39, 0.29) is 24.6 Å². The number of halogens is 3. The van der Waals surface area contributed by atoms with Crippen molar-refractivity contribution < 1.29 is 27.4 Å². The number of hydrogen-bond acceptors (Lipinski definition) is 6. The van der Waals surface area contributed by atoms with Crippen LogP contribution >= 0.6 is 0 Å². The molecule has 3 heterocycles. The van der Waals surface area contributed by atoms with E-state index in [2.05, 4.69) is 9.97 Å². The molecule has 2 N–H and O–H groups in total. The van der Waals surface area contributed by atoms with Gasteiger partial charge in [-0.1, -0.05) is 0 Å². The predicted molar refractivity (Wildman–Crippen MR) is 120 cm³/mol. The molecule has 1 saturated heterocycles. The van der Waals surface area contributed by atoms with Crippen molar-refractivity contribution in [2.45, 2.75) is 38.2 Å². The summed E-state index contributed by atoms with van der Waals surface area (Å²) in [5, 5.41) is 0.764. The highest BCUT2D eigenvalue weighted by molar-refractivity contribution is 5.98. The summed E-state index contributed by atoms with van der Waals surface area (Å²) in [6.07, 6.45) is -3.56. The Morgan fingerprint density at radius 3 is 2.74 bits per heavy atom. The molecule has 0 bridgehead atoms. The number of benzene rings is 1. The standard InChI is InChI=1S/C24H25F3N4O3/c1-14-9-16-10-15(3-6-19(16)30-22(14)28)23(32)31(20-7-8-34-13-21(20)33-2)12-18-5-4-17(11-29-18)24(25,26)27/h3-6,9-11,20-21H,7-8,12-13H2,1-2H3,(H2,28,30)/t20-,21-/m0/s1. The van der Waals surface area contributed by atoms with E-state index in [1.54, 1.807) is 30.2 Å². The number of nitrogens with zero attached hydrogens (tertiary/aromatic N) is 3. The van der Waals surface area contributed by atoms with Gasteiger partial charge in [-0.25, -0.2) is 4.98 Å². The lowest BCUT2D eigenvalue weighted by Gasteiger charge is -2.39. The van der Waals surface area contributed by atoms with Crippen molar-refractivity contribution in [3.63, 3.8) is 0 Å². The fourth-order valence-electron chi connectivity index (χ4n) is 4.08. The Balaban J connectivity index is 1.69. The van der Waals surface area contributed by atoms with Gasteiger partial charge in [0.25, 0.3) is 5.91 Å². The second-order valence-corrected chi connectivity index (χ2v) is 8.27. The summed E-state index contributed by atoms with van der Waals surface area (Å²) in [5.74, 6) is 0.138. The van der Waals surface area contributed by atoms with Gasteiger partial charge >= 0.3 is 6.18 Å². The molecule has 2 aromatic heterocycles. The van der Waals surface area contributed by atoms with Gasteiger partial charge in [0, 0.05) is 30.9 Å². The summed E-state index contributed by atoms with van der Waals surface area (Å²) in [4.78, 5) is 23.6. The number of carbonyl (C=O) groups excluding carboxylic acids is 1. The maximum atomic E-state index is 13.7. The highest BCUT2D eigenvalue weighted by Gasteiger charge is 2.35. The first-order valence-electron chi connectivity index (χ1n) is 10.8. The molecule has 1 amide bonds. The Hall–Kier alpha value is -3.24. The molecule has 0 aliphatic carbocycles. The molecule has 0 radical (unpaired) electrons. The average Bonchev–Trinajstić information content (AvgIpc) is 2.82. The van der Waals surface area contributed by atoms with Crippen LogP contribution in [0.25, 0.3) is 10.9 Å². The first-order valence-corrected chi connectivity index (χ1v) is 10.8. The van der Waals surface area contributed by atoms with Crippen LogP contribution in [0.1, 0.15) is 33.6 Å². The van der Waals surface area contributed by atoms with E-state index in [9.17, 15) is 18.0 Å². The smallest absolute Gasteiger partial charge is 0.383 e. The van der Waals surface area contributed by atoms with E-state index in [1.807, 2.05) is 13.0 Å². The van der Waals surface area contributed by atoms with Crippen LogP contribution < -0.4 is 5.73 Å². The normalized spacial score (nSPS) is 18.7. The van der Waals surface area contributed by atoms with Crippen molar-refractivity contribution in [2.24, 2.45) is 0 Å². The van der Waals surface area contributed by atoms with Gasteiger partial charge in [-0.3, -0.25) is 9.78 Å². The molecule has 1 fully saturated rings. The summed E-state index contributed by atoms with van der Waals surface area (Å²) in [6.45, 7) is 2.61. The summed E-state index contributed by atoms with van der Waals surface area (Å²) < 4.78 is 49.9. The largest absolute Gasteiger partial charge is 0.417 e. The quantitative estimate of drug-likeness (QED) is 0.602. The van der Waals surface area contributed by atoms with Gasteiger partial charge in [0.2, 0.25) is 0 Å². The second kappa shape index (κ2) is 9.55. The summed E-state index contributed by atoms with van der Waals surface area (Å²) in [6, 6.07) is 8.93. The number of methoxy groups -OCH3 is 1. The highest BCUT2D eigenvalue weighted by atomic mass is 19.4. The van der Waals surface area contributed by atoms with Crippen molar-refractivity contribution in [2.75, 3.05) is 26.1 Å². The molecular formula is C24H25F3N4O3. The first-order chi connectivity index (χ1) is 16.2. The van der Waals surface area contributed by atoms with Crippen LogP contribution in [0, 0.1) is 6.92 Å². The number of rotatable bonds is 5. The monoisotopic (exact) mass is 474 g/mol. The first kappa shape index (κ1) is 23.9. The third-order valence-electron chi connectivity index (χ3n) is 6.01. The molecule has 1 aromatic carbocycles. The van der Waals surface area contributed by atoms with Gasteiger partial charge < -0.3 is 20.1 Å². The van der Waals surface area contributed by atoms with Crippen molar-refractivity contribution in [3.05, 3.63) is 65.0 Å². The van der Waals surface area contributed by atoms with Crippen molar-refractivity contribution in [3.8, 4) is 0 Å². The Kier molecular flexibility index (Phi) is 6.72. The minimum absolute atomic E-state index is 0.0263. The predicted octanol–water partition coefficient (Wildman–Crippen LogP) is 3.99. The Morgan fingerprint density at radius 1 is 1.26 bits per heavy atom. The summed E-state index contributed by atoms with van der Waals surface area (Å²) in [5.41, 5.74) is 7.28. The van der Waals surface area contributed by atoms with Gasteiger partial charge in [0.05, 0.1) is 36.0 Å². The van der Waals surface area contributed by atoms with E-state index >= 15 is 0 Å². The van der Waals surface area contributed by atoms with E-state index in [0.29, 0.717) is 42.2 Å². The van der Waals surface area contributed by atoms with Gasteiger partial charge in [0.1, 0.15) is 11.9 Å². The molecule has 2 atom stereocenters. The van der Waals surface area contributed by atoms with Gasteiger partial charge in [-0.05, 0) is 55.3 Å². The average molecular weight is 474 g/mol. The molecule has 4 rings (SSSR count). The zero-order valence-electron chi connectivity index (χ0n) is 18.8. The molecule has 180 valence electrons. The Bertz CT molecular complexity index is 1180. The third kappa shape index (κ3) is 4.97. The Morgan fingerprint density at radius 2 is 2.06 bits per heavy atom. The number of hydrogen-bond donors (Lipinski definition) is 1. The minimum Gasteiger partial charge on any atom is -0.383 e. The lowest BCUT2D eigenvalue weighted by atomic mass is 10.0. The molecule has 7 nitrogen and oxygen atoms in total. The number of nitrogens with two attached hydrogens (primary N) is 1. The van der Waals surface area contributed by atoms with Gasteiger partial charge in [0.15, 0.2) is 0 Å². The summed E-state index contributed by atoms with van der Waals surface area (Å²) in [7, 11) is 1.54. The SMILES string of the molecule is CO[C@H]1COCC[C@@H]1N(Cc1ccc(C(F)(F)F)cn1)C(=O)c1ccc2nc(N)c(C)cc2c1. The fraction of sp³-hybridized carbons (Fsp3) is 0.375. The van der Waals surface area contributed by atoms with E-state index < -0.39 is 11.7 Å². The molecule has 1 aliphatic rings. The number of pyridine rings is 2. The number of fused-ring (bicyclic) bond motifs is 1. The lowest BCUT2D eigenvalue weighted by Crippen LogP contribution is -2.51. The van der Waals surface area contributed by atoms with Crippen LogP contribution in [-0.2, 0) is 22.2 Å². The number of alkyl halides is 3. The highest BCUT2D eigenvalue weighted by Crippen LogP contribution is 2.29. The zero-order chi connectivity index (χ0) is 24.5. The molecule has 34 heavy (non-hydrogen) atoms. The number of amides is 1. The maximum Gasteiger partial charge on any atom is 0.417 e. The number of anilines is 1. The van der Waals surface area contributed by atoms with Crippen molar-refractivity contribution >= 4 is 22.6 Å². The molecule has 10 heteroatoms. The fourth-order valence-corrected chi connectivity index (χ4v) is 4.08. The molecule has 0 saturated carbocycles. The van der Waals surface area contributed by atoms with Crippen molar-refractivity contribution in [1.29, 1.82) is 0 Å². The molecule has 0 spiro atoms. The van der Waals surface area contributed by atoms with Crippen LogP contribution in [0.15, 0.2) is 42.6 Å². The van der Waals surface area contributed by atoms with Crippen LogP contribution in [0.5, 0.6) is 0 Å². The number of aromatic nitrogens is 2. The van der Waals surface area contributed by atoms with Gasteiger partial charge in [-0.2, -0.15) is 13.2 Å². The number of ether oxygens (including phenoxy) is 2. The van der Waals surface area contributed by atoms with Crippen LogP contribution in [-0.4, -0.2) is 53.2 Å². The second-order valence-electron chi connectivity index (χ2n) is 8.27. The third-order valence-corrected chi connectivity index (χ3v) is 6.01. The zero-order valence-corrected chi connectivity index (χ0v) is 18.8. The van der Waals surface area contributed by atoms with Crippen molar-refractivity contribution in [1.82, 2.24) is 14.9 Å². The number of carbonyl (C=O) groups is 1. The molecular weight excluding hydrogens is 449 g/mol. The minimum atomic E-state index is -4.48. The summed E-state index contributed by atoms with van der Waals surface area (Å²) >= 11 is 0. The lowest BCUT2D eigenvalue weighted by molar-refractivity contribution is -0.137. The number of nitrogen functional groups attached to an aromatic ring is 1. The maximum absolute atomic E-state index is 13.7. The van der Waals surface area contributed by atoms with Crippen LogP contribution in [0.2, 0.25) is 0 Å². The molecule has 0 unspecified atom stereocenters. The van der Waals surface area contributed by atoms with E-state index in [1.165, 1.54) is 6.07 Å². The topological polar surface area (TPSA) is 90.6 Å². The molecule has 1 aliphatic heterocycles. The van der Waals surface area contributed by atoms with Gasteiger partial charge in [-0.15, -0.1) is 0 Å². The van der Waals surface area contributed by atoms with E-state index in [4.69, 9.17) is 15.2 Å². The Labute approximate surface area is 194 Å². The van der Waals surface area contributed by atoms with Crippen LogP contribution in [0.4, 0.5) is 19.0 Å². The number of aryl methyl sites for hydroxylation is 1. The van der Waals surface area contributed by atoms with E-state index in [0.717, 1.165) is 23.2 Å².